The van der Waals surface area contributed by atoms with Gasteiger partial charge in [-0.25, -0.2) is 4.79 Å². The second-order valence-corrected chi connectivity index (χ2v) is 7.16. The minimum absolute atomic E-state index is 0.0517. The molecule has 7 nitrogen and oxygen atoms in total. The number of aliphatic imine (C=N–C) groups is 1. The van der Waals surface area contributed by atoms with E-state index in [-0.39, 0.29) is 5.11 Å². The summed E-state index contributed by atoms with van der Waals surface area (Å²) in [6, 6.07) is 5.36. The molecule has 2 amide bonds. The predicted octanol–water partition coefficient (Wildman–Crippen LogP) is 1.98. The third-order valence-corrected chi connectivity index (χ3v) is 4.76. The SMILES string of the molecule is CSCC[C@@H](N=CC1C(=O)NC(=S)N(c2ccc(Cl)cc2)C1=O)C(=O)O. The first-order valence-electron chi connectivity index (χ1n) is 7.54. The average molecular weight is 414 g/mol. The first-order chi connectivity index (χ1) is 12.3. The molecule has 1 unspecified atom stereocenters. The number of thioether (sulfide) groups is 1. The predicted molar refractivity (Wildman–Crippen MR) is 106 cm³/mol. The lowest BCUT2D eigenvalue weighted by Crippen LogP contribution is -2.58. The molecular weight excluding hydrogens is 398 g/mol. The van der Waals surface area contributed by atoms with Crippen molar-refractivity contribution in [1.82, 2.24) is 5.32 Å². The van der Waals surface area contributed by atoms with Gasteiger partial charge >= 0.3 is 5.97 Å². The zero-order valence-corrected chi connectivity index (χ0v) is 16.1. The summed E-state index contributed by atoms with van der Waals surface area (Å²) in [7, 11) is 0. The van der Waals surface area contributed by atoms with Gasteiger partial charge in [0.15, 0.2) is 11.0 Å². The van der Waals surface area contributed by atoms with Crippen LogP contribution >= 0.6 is 35.6 Å². The van der Waals surface area contributed by atoms with Crippen LogP contribution in [0.3, 0.4) is 0 Å². The van der Waals surface area contributed by atoms with Crippen molar-refractivity contribution in [2.45, 2.75) is 12.5 Å². The molecule has 138 valence electrons. The number of thiocarbonyl (C=S) groups is 1. The molecule has 0 aliphatic carbocycles. The van der Waals surface area contributed by atoms with Gasteiger partial charge in [0.05, 0.1) is 5.69 Å². The third-order valence-electron chi connectivity index (χ3n) is 3.58. The monoisotopic (exact) mass is 413 g/mol. The number of halogens is 1. The van der Waals surface area contributed by atoms with Gasteiger partial charge in [-0.15, -0.1) is 0 Å². The zero-order valence-electron chi connectivity index (χ0n) is 13.7. The first-order valence-corrected chi connectivity index (χ1v) is 9.72. The van der Waals surface area contributed by atoms with E-state index in [0.29, 0.717) is 22.9 Å². The smallest absolute Gasteiger partial charge is 0.328 e. The van der Waals surface area contributed by atoms with Crippen molar-refractivity contribution in [3.8, 4) is 0 Å². The van der Waals surface area contributed by atoms with Crippen LogP contribution in [0, 0.1) is 5.92 Å². The lowest BCUT2D eigenvalue weighted by atomic mass is 10.1. The summed E-state index contributed by atoms with van der Waals surface area (Å²) in [5.74, 6) is -3.00. The van der Waals surface area contributed by atoms with Crippen LogP contribution in [0.4, 0.5) is 5.69 Å². The molecule has 10 heteroatoms. The molecule has 0 spiro atoms. The maximum Gasteiger partial charge on any atom is 0.328 e. The van der Waals surface area contributed by atoms with Crippen molar-refractivity contribution in [1.29, 1.82) is 0 Å². The fourth-order valence-electron chi connectivity index (χ4n) is 2.24. The van der Waals surface area contributed by atoms with Crippen LogP contribution in [0.5, 0.6) is 0 Å². The standard InChI is InChI=1S/C16H16ClN3O4S2/c1-26-7-6-12(15(23)24)18-8-11-13(21)19-16(25)20(14(11)22)10-4-2-9(17)3-5-10/h2-5,8,11-12H,6-7H2,1H3,(H,23,24)(H,19,21,25)/t11?,12-/m1/s1. The highest BCUT2D eigenvalue weighted by molar-refractivity contribution is 7.98. The number of hydrogen-bond acceptors (Lipinski definition) is 6. The zero-order chi connectivity index (χ0) is 19.3. The van der Waals surface area contributed by atoms with Gasteiger partial charge in [-0.3, -0.25) is 19.5 Å². The van der Waals surface area contributed by atoms with Crippen LogP contribution in [-0.4, -0.2) is 52.3 Å². The van der Waals surface area contributed by atoms with E-state index in [2.05, 4.69) is 10.3 Å². The minimum Gasteiger partial charge on any atom is -0.480 e. The Morgan fingerprint density at radius 1 is 1.46 bits per heavy atom. The third kappa shape index (κ3) is 4.80. The number of nitrogens with one attached hydrogen (secondary N) is 1. The maximum atomic E-state index is 12.7. The van der Waals surface area contributed by atoms with E-state index in [1.165, 1.54) is 16.7 Å². The number of hydrogen-bond donors (Lipinski definition) is 2. The summed E-state index contributed by atoms with van der Waals surface area (Å²) in [4.78, 5) is 41.2. The van der Waals surface area contributed by atoms with Gasteiger partial charge in [-0.2, -0.15) is 11.8 Å². The number of rotatable bonds is 7. The van der Waals surface area contributed by atoms with Gasteiger partial charge in [0.25, 0.3) is 5.91 Å². The van der Waals surface area contributed by atoms with Crippen molar-refractivity contribution < 1.29 is 19.5 Å². The molecule has 1 saturated heterocycles. The Morgan fingerprint density at radius 3 is 2.69 bits per heavy atom. The van der Waals surface area contributed by atoms with Gasteiger partial charge in [-0.1, -0.05) is 11.6 Å². The molecule has 0 bridgehead atoms. The molecule has 0 saturated carbocycles. The average Bonchev–Trinajstić information content (AvgIpc) is 2.58. The summed E-state index contributed by atoms with van der Waals surface area (Å²) < 4.78 is 0. The summed E-state index contributed by atoms with van der Waals surface area (Å²) in [6.45, 7) is 0. The molecule has 1 aliphatic rings. The highest BCUT2D eigenvalue weighted by Crippen LogP contribution is 2.22. The Morgan fingerprint density at radius 2 is 2.12 bits per heavy atom. The highest BCUT2D eigenvalue weighted by Gasteiger charge is 2.38. The Labute approximate surface area is 164 Å². The lowest BCUT2D eigenvalue weighted by Gasteiger charge is -2.31. The summed E-state index contributed by atoms with van der Waals surface area (Å²) in [5.41, 5.74) is 0.444. The first kappa shape index (κ1) is 20.3. The van der Waals surface area contributed by atoms with Crippen molar-refractivity contribution in [3.05, 3.63) is 29.3 Å². The molecule has 0 aromatic heterocycles. The number of carbonyl (C=O) groups is 3. The second-order valence-electron chi connectivity index (χ2n) is 5.36. The molecule has 1 aromatic carbocycles. The molecule has 2 N–H and O–H groups in total. The number of amides is 2. The number of carboxylic acid groups (broad SMARTS) is 1. The van der Waals surface area contributed by atoms with Crippen LogP contribution in [0.15, 0.2) is 29.3 Å². The Hall–Kier alpha value is -1.97. The van der Waals surface area contributed by atoms with Gasteiger partial charge in [-0.05, 0) is 54.9 Å². The largest absolute Gasteiger partial charge is 0.480 e. The summed E-state index contributed by atoms with van der Waals surface area (Å²) >= 11 is 12.4. The number of aliphatic carboxylic acids is 1. The molecular formula is C16H16ClN3O4S2. The number of benzene rings is 1. The normalized spacial score (nSPS) is 18.9. The summed E-state index contributed by atoms with van der Waals surface area (Å²) in [6.07, 6.45) is 3.24. The number of carbonyl (C=O) groups excluding carboxylic acids is 2. The van der Waals surface area contributed by atoms with Crippen molar-refractivity contribution >= 4 is 70.4 Å². The second kappa shape index (κ2) is 9.11. The summed E-state index contributed by atoms with van der Waals surface area (Å²) in [5, 5.41) is 12.1. The van der Waals surface area contributed by atoms with Crippen LogP contribution < -0.4 is 10.2 Å². The van der Waals surface area contributed by atoms with Crippen molar-refractivity contribution in [2.75, 3.05) is 16.9 Å². The number of anilines is 1. The van der Waals surface area contributed by atoms with Gasteiger partial charge in [0.1, 0.15) is 6.04 Å². The van der Waals surface area contributed by atoms with Gasteiger partial charge < -0.3 is 10.4 Å². The lowest BCUT2D eigenvalue weighted by molar-refractivity contribution is -0.138. The van der Waals surface area contributed by atoms with Crippen LogP contribution in [0.25, 0.3) is 0 Å². The van der Waals surface area contributed by atoms with E-state index in [1.807, 2.05) is 6.26 Å². The molecule has 1 fully saturated rings. The van der Waals surface area contributed by atoms with Gasteiger partial charge in [0.2, 0.25) is 5.91 Å². The van der Waals surface area contributed by atoms with E-state index in [9.17, 15) is 19.5 Å². The van der Waals surface area contributed by atoms with E-state index in [0.717, 1.165) is 6.21 Å². The highest BCUT2D eigenvalue weighted by atomic mass is 35.5. The Kier molecular flexibility index (Phi) is 7.13. The van der Waals surface area contributed by atoms with E-state index in [1.54, 1.807) is 24.3 Å². The fourth-order valence-corrected chi connectivity index (χ4v) is 3.12. The molecule has 2 atom stereocenters. The topological polar surface area (TPSA) is 99.1 Å². The van der Waals surface area contributed by atoms with Crippen LogP contribution in [0.2, 0.25) is 5.02 Å². The number of nitrogens with zero attached hydrogens (tertiary/aromatic N) is 2. The number of carboxylic acids is 1. The molecule has 0 radical (unpaired) electrons. The van der Waals surface area contributed by atoms with E-state index in [4.69, 9.17) is 23.8 Å². The van der Waals surface area contributed by atoms with E-state index >= 15 is 0 Å². The Balaban J connectivity index is 2.24. The van der Waals surface area contributed by atoms with Gasteiger partial charge in [0, 0.05) is 11.2 Å². The molecule has 1 aliphatic heterocycles. The van der Waals surface area contributed by atoms with Crippen LogP contribution in [0.1, 0.15) is 6.42 Å². The minimum atomic E-state index is -1.26. The Bertz CT molecular complexity index is 754. The molecule has 1 heterocycles. The van der Waals surface area contributed by atoms with Crippen molar-refractivity contribution in [2.24, 2.45) is 10.9 Å². The van der Waals surface area contributed by atoms with E-state index < -0.39 is 29.7 Å². The quantitative estimate of drug-likeness (QED) is 0.403. The maximum absolute atomic E-state index is 12.7. The fraction of sp³-hybridized carbons (Fsp3) is 0.312. The van der Waals surface area contributed by atoms with Crippen molar-refractivity contribution in [3.63, 3.8) is 0 Å². The molecule has 1 aromatic rings. The molecule has 26 heavy (non-hydrogen) atoms. The molecule has 2 rings (SSSR count). The van der Waals surface area contributed by atoms with Crippen LogP contribution in [-0.2, 0) is 14.4 Å².